The molecule has 12 heavy (non-hydrogen) atoms. The van der Waals surface area contributed by atoms with Gasteiger partial charge in [-0.2, -0.15) is 0 Å². The maximum atomic E-state index is 5.79. The zero-order valence-electron chi connectivity index (χ0n) is 8.21. The molecule has 0 aromatic rings. The van der Waals surface area contributed by atoms with Crippen LogP contribution < -0.4 is 0 Å². The summed E-state index contributed by atoms with van der Waals surface area (Å²) in [6.45, 7) is 9.69. The first-order valence-corrected chi connectivity index (χ1v) is 6.32. The summed E-state index contributed by atoms with van der Waals surface area (Å²) in [5.41, 5.74) is 0. The third-order valence-corrected chi connectivity index (χ3v) is 2.31. The molecular formula is C8H18ClO2P. The van der Waals surface area contributed by atoms with Gasteiger partial charge in [0.1, 0.15) is 0 Å². The van der Waals surface area contributed by atoms with E-state index in [1.165, 1.54) is 0 Å². The summed E-state index contributed by atoms with van der Waals surface area (Å²) in [6, 6.07) is 0. The summed E-state index contributed by atoms with van der Waals surface area (Å²) in [5, 5.41) is 0. The van der Waals surface area contributed by atoms with Crippen molar-refractivity contribution in [3.63, 3.8) is 0 Å². The number of hydrogen-bond acceptors (Lipinski definition) is 2. The highest BCUT2D eigenvalue weighted by Gasteiger charge is 2.08. The van der Waals surface area contributed by atoms with Crippen LogP contribution in [0.15, 0.2) is 0 Å². The zero-order valence-corrected chi connectivity index (χ0v) is 9.86. The molecule has 2 nitrogen and oxygen atoms in total. The summed E-state index contributed by atoms with van der Waals surface area (Å²) in [5.74, 6) is 1.02. The summed E-state index contributed by atoms with van der Waals surface area (Å²) in [6.07, 6.45) is 0. The van der Waals surface area contributed by atoms with Crippen LogP contribution in [0.4, 0.5) is 0 Å². The van der Waals surface area contributed by atoms with E-state index in [9.17, 15) is 0 Å². The fourth-order valence-corrected chi connectivity index (χ4v) is 1.70. The number of hydrogen-bond donors (Lipinski definition) is 0. The van der Waals surface area contributed by atoms with Crippen molar-refractivity contribution in [1.82, 2.24) is 0 Å². The lowest BCUT2D eigenvalue weighted by Gasteiger charge is -2.13. The zero-order chi connectivity index (χ0) is 9.56. The second-order valence-electron chi connectivity index (χ2n) is 3.59. The van der Waals surface area contributed by atoms with Gasteiger partial charge in [0.15, 0.2) is 0 Å². The monoisotopic (exact) mass is 212 g/mol. The summed E-state index contributed by atoms with van der Waals surface area (Å²) >= 11 is 5.79. The summed E-state index contributed by atoms with van der Waals surface area (Å²) in [4.78, 5) is 0. The van der Waals surface area contributed by atoms with Gasteiger partial charge in [0.2, 0.25) is 0 Å². The van der Waals surface area contributed by atoms with Crippen molar-refractivity contribution in [3.05, 3.63) is 0 Å². The Balaban J connectivity index is 3.27. The minimum Gasteiger partial charge on any atom is -0.322 e. The molecule has 74 valence electrons. The van der Waals surface area contributed by atoms with Crippen LogP contribution in [0, 0.1) is 11.8 Å². The predicted molar refractivity (Wildman–Crippen MR) is 54.4 cm³/mol. The molecule has 0 radical (unpaired) electrons. The molecule has 0 saturated carbocycles. The molecule has 0 saturated heterocycles. The van der Waals surface area contributed by atoms with Gasteiger partial charge in [0.05, 0.1) is 13.2 Å². The molecule has 0 spiro atoms. The molecule has 0 rings (SSSR count). The van der Waals surface area contributed by atoms with E-state index in [1.807, 2.05) is 0 Å². The molecule has 4 heteroatoms. The maximum absolute atomic E-state index is 5.79. The maximum Gasteiger partial charge on any atom is 0.276 e. The Bertz CT molecular complexity index is 97.2. The lowest BCUT2D eigenvalue weighted by atomic mass is 10.2. The Morgan fingerprint density at radius 1 is 1.00 bits per heavy atom. The minimum absolute atomic E-state index is 0.511. The molecule has 0 aliphatic carbocycles. The Labute approximate surface area is 81.3 Å². The average Bonchev–Trinajstić information content (AvgIpc) is 1.96. The SMILES string of the molecule is CC(C)COP(Cl)OCC(C)C. The molecule has 0 aromatic carbocycles. The molecule has 0 heterocycles. The van der Waals surface area contributed by atoms with E-state index in [0.717, 1.165) is 0 Å². The Kier molecular flexibility index (Phi) is 7.46. The molecule has 0 aliphatic rings. The molecule has 0 unspecified atom stereocenters. The highest BCUT2D eigenvalue weighted by atomic mass is 35.7. The quantitative estimate of drug-likeness (QED) is 0.624. The predicted octanol–water partition coefficient (Wildman–Crippen LogP) is 3.80. The van der Waals surface area contributed by atoms with E-state index in [1.54, 1.807) is 0 Å². The highest BCUT2D eigenvalue weighted by molar-refractivity contribution is 7.76. The lowest BCUT2D eigenvalue weighted by molar-refractivity contribution is 0.220. The normalized spacial score (nSPS) is 12.0. The molecule has 0 amide bonds. The highest BCUT2D eigenvalue weighted by Crippen LogP contribution is 2.44. The van der Waals surface area contributed by atoms with Crippen LogP contribution in [0.1, 0.15) is 27.7 Å². The first kappa shape index (κ1) is 12.6. The standard InChI is InChI=1S/C8H18ClO2P/c1-7(2)5-10-12(9)11-6-8(3)4/h7-8H,5-6H2,1-4H3. The van der Waals surface area contributed by atoms with E-state index in [2.05, 4.69) is 27.7 Å². The Hall–Kier alpha value is 0.640. The minimum atomic E-state index is -1.17. The largest absolute Gasteiger partial charge is 0.322 e. The second kappa shape index (κ2) is 7.08. The van der Waals surface area contributed by atoms with Gasteiger partial charge in [0.25, 0.3) is 7.73 Å². The second-order valence-corrected chi connectivity index (χ2v) is 5.36. The first-order chi connectivity index (χ1) is 5.52. The van der Waals surface area contributed by atoms with Gasteiger partial charge < -0.3 is 9.05 Å². The summed E-state index contributed by atoms with van der Waals surface area (Å²) in [7, 11) is -1.17. The van der Waals surface area contributed by atoms with Crippen LogP contribution in [-0.2, 0) is 9.05 Å². The Morgan fingerprint density at radius 3 is 1.58 bits per heavy atom. The molecule has 0 fully saturated rings. The van der Waals surface area contributed by atoms with Crippen LogP contribution in [-0.4, -0.2) is 13.2 Å². The van der Waals surface area contributed by atoms with Gasteiger partial charge in [-0.1, -0.05) is 27.7 Å². The van der Waals surface area contributed by atoms with Gasteiger partial charge in [-0.25, -0.2) is 0 Å². The third kappa shape index (κ3) is 8.73. The van der Waals surface area contributed by atoms with Crippen molar-refractivity contribution in [1.29, 1.82) is 0 Å². The third-order valence-electron chi connectivity index (χ3n) is 1.02. The van der Waals surface area contributed by atoms with Crippen LogP contribution in [0.5, 0.6) is 0 Å². The van der Waals surface area contributed by atoms with Gasteiger partial charge in [-0.15, -0.1) is 0 Å². The lowest BCUT2D eigenvalue weighted by Crippen LogP contribution is -2.01. The van der Waals surface area contributed by atoms with Crippen molar-refractivity contribution in [2.45, 2.75) is 27.7 Å². The van der Waals surface area contributed by atoms with Crippen molar-refractivity contribution in [3.8, 4) is 0 Å². The van der Waals surface area contributed by atoms with Crippen molar-refractivity contribution in [2.75, 3.05) is 13.2 Å². The van der Waals surface area contributed by atoms with E-state index in [4.69, 9.17) is 20.3 Å². The van der Waals surface area contributed by atoms with Crippen LogP contribution in [0.3, 0.4) is 0 Å². The van der Waals surface area contributed by atoms with E-state index in [0.29, 0.717) is 25.0 Å². The fraction of sp³-hybridized carbons (Fsp3) is 1.00. The van der Waals surface area contributed by atoms with Crippen molar-refractivity contribution in [2.24, 2.45) is 11.8 Å². The van der Waals surface area contributed by atoms with Crippen molar-refractivity contribution < 1.29 is 9.05 Å². The smallest absolute Gasteiger partial charge is 0.276 e. The first-order valence-electron chi connectivity index (χ1n) is 4.24. The van der Waals surface area contributed by atoms with E-state index >= 15 is 0 Å². The van der Waals surface area contributed by atoms with Crippen LogP contribution in [0.25, 0.3) is 0 Å². The number of rotatable bonds is 6. The Morgan fingerprint density at radius 2 is 1.33 bits per heavy atom. The fourth-order valence-electron chi connectivity index (χ4n) is 0.453. The molecule has 0 N–H and O–H groups in total. The summed E-state index contributed by atoms with van der Waals surface area (Å²) < 4.78 is 10.5. The molecule has 0 aliphatic heterocycles. The van der Waals surface area contributed by atoms with Crippen LogP contribution in [0.2, 0.25) is 0 Å². The van der Waals surface area contributed by atoms with Gasteiger partial charge >= 0.3 is 0 Å². The van der Waals surface area contributed by atoms with Crippen LogP contribution >= 0.6 is 19.0 Å². The van der Waals surface area contributed by atoms with E-state index in [-0.39, 0.29) is 0 Å². The topological polar surface area (TPSA) is 18.5 Å². The van der Waals surface area contributed by atoms with Gasteiger partial charge in [0, 0.05) is 0 Å². The molecule has 0 aromatic heterocycles. The molecular weight excluding hydrogens is 195 g/mol. The van der Waals surface area contributed by atoms with Crippen molar-refractivity contribution >= 4 is 19.0 Å². The van der Waals surface area contributed by atoms with E-state index < -0.39 is 7.73 Å². The average molecular weight is 213 g/mol. The van der Waals surface area contributed by atoms with Gasteiger partial charge in [-0.3, -0.25) is 0 Å². The van der Waals surface area contributed by atoms with Gasteiger partial charge in [-0.05, 0) is 23.1 Å². The molecule has 0 bridgehead atoms. The molecule has 0 atom stereocenters. The number of halogens is 1.